The Hall–Kier alpha value is -0.610. The van der Waals surface area contributed by atoms with Crippen molar-refractivity contribution in [2.45, 2.75) is 58.0 Å². The van der Waals surface area contributed by atoms with E-state index in [1.807, 2.05) is 0 Å². The van der Waals surface area contributed by atoms with E-state index in [9.17, 15) is 4.79 Å². The lowest BCUT2D eigenvalue weighted by molar-refractivity contribution is -0.125. The van der Waals surface area contributed by atoms with Crippen LogP contribution in [0.1, 0.15) is 46.0 Å². The topological polar surface area (TPSA) is 64.4 Å². The van der Waals surface area contributed by atoms with Crippen LogP contribution in [0.4, 0.5) is 0 Å². The minimum absolute atomic E-state index is 0.0400. The summed E-state index contributed by atoms with van der Waals surface area (Å²) in [7, 11) is 0. The molecule has 0 bridgehead atoms. The van der Waals surface area contributed by atoms with Crippen molar-refractivity contribution in [1.82, 2.24) is 5.32 Å². The molecule has 0 spiro atoms. The smallest absolute Gasteiger partial charge is 0.237 e. The molecule has 1 amide bonds. The van der Waals surface area contributed by atoms with Crippen LogP contribution in [0.15, 0.2) is 0 Å². The van der Waals surface area contributed by atoms with E-state index in [-0.39, 0.29) is 17.9 Å². The molecule has 0 radical (unpaired) electrons. The van der Waals surface area contributed by atoms with Gasteiger partial charge in [-0.3, -0.25) is 4.79 Å². The van der Waals surface area contributed by atoms with Crippen LogP contribution >= 0.6 is 0 Å². The van der Waals surface area contributed by atoms with Gasteiger partial charge in [-0.2, -0.15) is 0 Å². The van der Waals surface area contributed by atoms with Crippen molar-refractivity contribution in [3.8, 4) is 0 Å². The van der Waals surface area contributed by atoms with Crippen LogP contribution in [0.3, 0.4) is 0 Å². The molecule has 2 aliphatic rings. The van der Waals surface area contributed by atoms with E-state index in [0.717, 1.165) is 38.9 Å². The van der Waals surface area contributed by atoms with Gasteiger partial charge in [0.2, 0.25) is 5.91 Å². The summed E-state index contributed by atoms with van der Waals surface area (Å²) < 4.78 is 5.32. The van der Waals surface area contributed by atoms with Crippen molar-refractivity contribution in [3.63, 3.8) is 0 Å². The van der Waals surface area contributed by atoms with E-state index in [0.29, 0.717) is 17.9 Å². The van der Waals surface area contributed by atoms with Gasteiger partial charge in [-0.05, 0) is 49.9 Å². The Morgan fingerprint density at radius 1 is 1.16 bits per heavy atom. The maximum Gasteiger partial charge on any atom is 0.237 e. The summed E-state index contributed by atoms with van der Waals surface area (Å²) in [6.07, 6.45) is 5.28. The molecule has 19 heavy (non-hydrogen) atoms. The highest BCUT2D eigenvalue weighted by Gasteiger charge is 2.30. The molecule has 1 aliphatic heterocycles. The van der Waals surface area contributed by atoms with Gasteiger partial charge in [-0.1, -0.05) is 13.8 Å². The Morgan fingerprint density at radius 2 is 1.74 bits per heavy atom. The SMILES string of the molecule is CC1CC(C)CC(NC(=O)C(N)C2CCOCC2)C1. The van der Waals surface area contributed by atoms with Crippen molar-refractivity contribution < 1.29 is 9.53 Å². The van der Waals surface area contributed by atoms with Gasteiger partial charge in [0.15, 0.2) is 0 Å². The quantitative estimate of drug-likeness (QED) is 0.818. The fourth-order valence-corrected chi connectivity index (χ4v) is 3.65. The summed E-state index contributed by atoms with van der Waals surface area (Å²) in [5, 5.41) is 3.17. The van der Waals surface area contributed by atoms with Gasteiger partial charge in [-0.15, -0.1) is 0 Å². The molecule has 0 aromatic carbocycles. The van der Waals surface area contributed by atoms with Crippen LogP contribution < -0.4 is 11.1 Å². The molecule has 1 heterocycles. The van der Waals surface area contributed by atoms with E-state index in [2.05, 4.69) is 19.2 Å². The van der Waals surface area contributed by atoms with Crippen LogP contribution in [-0.4, -0.2) is 31.2 Å². The summed E-state index contributed by atoms with van der Waals surface area (Å²) in [6.45, 7) is 6.02. The Bertz CT molecular complexity index is 293. The molecule has 110 valence electrons. The standard InChI is InChI=1S/C15H28N2O2/c1-10-7-11(2)9-13(8-10)17-15(18)14(16)12-3-5-19-6-4-12/h10-14H,3-9,16H2,1-2H3,(H,17,18). The van der Waals surface area contributed by atoms with Gasteiger partial charge in [0.05, 0.1) is 6.04 Å². The first-order valence-electron chi connectivity index (χ1n) is 7.70. The number of nitrogens with one attached hydrogen (secondary N) is 1. The Labute approximate surface area is 116 Å². The fraction of sp³-hybridized carbons (Fsp3) is 0.933. The number of carbonyl (C=O) groups is 1. The van der Waals surface area contributed by atoms with Crippen molar-refractivity contribution in [2.24, 2.45) is 23.5 Å². The second-order valence-corrected chi connectivity index (χ2v) is 6.60. The zero-order valence-electron chi connectivity index (χ0n) is 12.2. The normalized spacial score (nSPS) is 34.8. The van der Waals surface area contributed by atoms with Crippen LogP contribution in [0.5, 0.6) is 0 Å². The van der Waals surface area contributed by atoms with Crippen LogP contribution in [-0.2, 0) is 9.53 Å². The molecule has 3 unspecified atom stereocenters. The molecule has 1 saturated heterocycles. The van der Waals surface area contributed by atoms with Crippen LogP contribution in [0, 0.1) is 17.8 Å². The highest BCUT2D eigenvalue weighted by Crippen LogP contribution is 2.28. The summed E-state index contributed by atoms with van der Waals surface area (Å²) >= 11 is 0. The largest absolute Gasteiger partial charge is 0.381 e. The number of carbonyl (C=O) groups excluding carboxylic acids is 1. The Balaban J connectivity index is 1.82. The summed E-state index contributed by atoms with van der Waals surface area (Å²) in [5.41, 5.74) is 6.11. The number of nitrogens with two attached hydrogens (primary N) is 1. The lowest BCUT2D eigenvalue weighted by Gasteiger charge is -2.34. The third-order valence-corrected chi connectivity index (χ3v) is 4.60. The first-order valence-corrected chi connectivity index (χ1v) is 7.70. The molecular formula is C15H28N2O2. The molecule has 0 aromatic heterocycles. The molecular weight excluding hydrogens is 240 g/mol. The maximum atomic E-state index is 12.2. The summed E-state index contributed by atoms with van der Waals surface area (Å²) in [5.74, 6) is 1.73. The third kappa shape index (κ3) is 4.18. The predicted octanol–water partition coefficient (Wildman–Crippen LogP) is 1.68. The molecule has 4 nitrogen and oxygen atoms in total. The van der Waals surface area contributed by atoms with Gasteiger partial charge in [0, 0.05) is 19.3 Å². The van der Waals surface area contributed by atoms with Gasteiger partial charge in [0.1, 0.15) is 0 Å². The molecule has 3 atom stereocenters. The van der Waals surface area contributed by atoms with Gasteiger partial charge in [0.25, 0.3) is 0 Å². The molecule has 0 aromatic rings. The van der Waals surface area contributed by atoms with Gasteiger partial charge in [-0.25, -0.2) is 0 Å². The number of rotatable bonds is 3. The highest BCUT2D eigenvalue weighted by molar-refractivity contribution is 5.82. The molecule has 2 fully saturated rings. The summed E-state index contributed by atoms with van der Waals surface area (Å²) in [4.78, 5) is 12.2. The van der Waals surface area contributed by atoms with E-state index in [1.54, 1.807) is 0 Å². The summed E-state index contributed by atoms with van der Waals surface area (Å²) in [6, 6.07) is -0.0476. The average Bonchev–Trinajstić information content (AvgIpc) is 2.37. The van der Waals surface area contributed by atoms with E-state index in [4.69, 9.17) is 10.5 Å². The third-order valence-electron chi connectivity index (χ3n) is 4.60. The van der Waals surface area contributed by atoms with Crippen molar-refractivity contribution >= 4 is 5.91 Å². The van der Waals surface area contributed by atoms with Crippen molar-refractivity contribution in [3.05, 3.63) is 0 Å². The molecule has 1 saturated carbocycles. The van der Waals surface area contributed by atoms with Gasteiger partial charge < -0.3 is 15.8 Å². The second kappa shape index (κ2) is 6.71. The number of amides is 1. The Kier molecular flexibility index (Phi) is 5.22. The first kappa shape index (κ1) is 14.8. The minimum atomic E-state index is -0.364. The zero-order valence-corrected chi connectivity index (χ0v) is 12.2. The number of hydrogen-bond acceptors (Lipinski definition) is 3. The molecule has 3 N–H and O–H groups in total. The van der Waals surface area contributed by atoms with E-state index >= 15 is 0 Å². The monoisotopic (exact) mass is 268 g/mol. The molecule has 4 heteroatoms. The molecule has 1 aliphatic carbocycles. The lowest BCUT2D eigenvalue weighted by Crippen LogP contribution is -2.51. The molecule has 2 rings (SSSR count). The van der Waals surface area contributed by atoms with Crippen LogP contribution in [0.2, 0.25) is 0 Å². The first-order chi connectivity index (χ1) is 9.06. The second-order valence-electron chi connectivity index (χ2n) is 6.60. The van der Waals surface area contributed by atoms with Crippen molar-refractivity contribution in [1.29, 1.82) is 0 Å². The maximum absolute atomic E-state index is 12.2. The van der Waals surface area contributed by atoms with Crippen LogP contribution in [0.25, 0.3) is 0 Å². The van der Waals surface area contributed by atoms with Crippen molar-refractivity contribution in [2.75, 3.05) is 13.2 Å². The minimum Gasteiger partial charge on any atom is -0.381 e. The number of hydrogen-bond donors (Lipinski definition) is 2. The average molecular weight is 268 g/mol. The van der Waals surface area contributed by atoms with Gasteiger partial charge >= 0.3 is 0 Å². The Morgan fingerprint density at radius 3 is 2.32 bits per heavy atom. The number of ether oxygens (including phenoxy) is 1. The van der Waals surface area contributed by atoms with E-state index in [1.165, 1.54) is 6.42 Å². The highest BCUT2D eigenvalue weighted by atomic mass is 16.5. The van der Waals surface area contributed by atoms with E-state index < -0.39 is 0 Å². The lowest BCUT2D eigenvalue weighted by atomic mass is 9.80. The fourth-order valence-electron chi connectivity index (χ4n) is 3.65. The zero-order chi connectivity index (χ0) is 13.8. The predicted molar refractivity (Wildman–Crippen MR) is 75.6 cm³/mol.